The number of nitrogens with zero attached hydrogens (tertiary/aromatic N) is 1. The molecule has 1 heterocycles. The quantitative estimate of drug-likeness (QED) is 0.518. The number of anilines is 2. The monoisotopic (exact) mass is 249 g/mol. The second-order valence-electron chi connectivity index (χ2n) is 4.31. The summed E-state index contributed by atoms with van der Waals surface area (Å²) in [5.74, 6) is 0. The molecule has 0 aliphatic rings. The van der Waals surface area contributed by atoms with E-state index in [1.165, 1.54) is 0 Å². The second-order valence-corrected chi connectivity index (χ2v) is 4.31. The first-order chi connectivity index (χ1) is 8.79. The van der Waals surface area contributed by atoms with Crippen molar-refractivity contribution in [2.45, 2.75) is 25.7 Å². The van der Waals surface area contributed by atoms with Gasteiger partial charge in [0, 0.05) is 18.8 Å². The number of rotatable bonds is 7. The molecule has 0 spiro atoms. The topological polar surface area (TPSA) is 84.3 Å². The highest BCUT2D eigenvalue weighted by Gasteiger charge is 2.04. The maximum absolute atomic E-state index is 8.65. The third kappa shape index (κ3) is 3.37. The number of fused-ring (bicyclic) bond motifs is 1. The number of hydrogen-bond donors (Lipinski definition) is 3. The van der Waals surface area contributed by atoms with Crippen molar-refractivity contribution < 1.29 is 9.52 Å². The number of aliphatic hydroxyl groups is 1. The maximum Gasteiger partial charge on any atom is 0.295 e. The highest BCUT2D eigenvalue weighted by Crippen LogP contribution is 2.20. The van der Waals surface area contributed by atoms with Crippen LogP contribution in [-0.4, -0.2) is 23.2 Å². The van der Waals surface area contributed by atoms with Crippen LogP contribution in [0.2, 0.25) is 0 Å². The van der Waals surface area contributed by atoms with Gasteiger partial charge in [-0.15, -0.1) is 0 Å². The Morgan fingerprint density at radius 1 is 1.22 bits per heavy atom. The van der Waals surface area contributed by atoms with Crippen molar-refractivity contribution in [3.63, 3.8) is 0 Å². The van der Waals surface area contributed by atoms with Crippen molar-refractivity contribution in [1.82, 2.24) is 4.98 Å². The average Bonchev–Trinajstić information content (AvgIpc) is 2.75. The minimum Gasteiger partial charge on any atom is -0.424 e. The Kier molecular flexibility index (Phi) is 4.41. The summed E-state index contributed by atoms with van der Waals surface area (Å²) >= 11 is 0. The predicted molar refractivity (Wildman–Crippen MR) is 72.5 cm³/mol. The first kappa shape index (κ1) is 12.7. The van der Waals surface area contributed by atoms with E-state index in [0.717, 1.165) is 43.3 Å². The average molecular weight is 249 g/mol. The highest BCUT2D eigenvalue weighted by molar-refractivity contribution is 5.78. The summed E-state index contributed by atoms with van der Waals surface area (Å²) < 4.78 is 5.53. The zero-order chi connectivity index (χ0) is 12.8. The molecule has 0 saturated heterocycles. The lowest BCUT2D eigenvalue weighted by atomic mass is 10.2. The summed E-state index contributed by atoms with van der Waals surface area (Å²) in [6.07, 6.45) is 4.08. The van der Waals surface area contributed by atoms with Gasteiger partial charge in [0.25, 0.3) is 6.01 Å². The Morgan fingerprint density at radius 2 is 2.06 bits per heavy atom. The van der Waals surface area contributed by atoms with Crippen LogP contribution in [0.1, 0.15) is 25.7 Å². The number of nitrogens with two attached hydrogens (primary N) is 1. The maximum atomic E-state index is 8.65. The Balaban J connectivity index is 1.81. The zero-order valence-corrected chi connectivity index (χ0v) is 10.4. The molecule has 2 rings (SSSR count). The van der Waals surface area contributed by atoms with Crippen LogP contribution in [0.3, 0.4) is 0 Å². The lowest BCUT2D eigenvalue weighted by Crippen LogP contribution is -2.01. The van der Waals surface area contributed by atoms with Gasteiger partial charge in [0.1, 0.15) is 5.52 Å². The highest BCUT2D eigenvalue weighted by atomic mass is 16.4. The second kappa shape index (κ2) is 6.26. The van der Waals surface area contributed by atoms with Gasteiger partial charge in [-0.3, -0.25) is 0 Å². The van der Waals surface area contributed by atoms with Crippen LogP contribution in [0.15, 0.2) is 22.6 Å². The van der Waals surface area contributed by atoms with Gasteiger partial charge >= 0.3 is 0 Å². The lowest BCUT2D eigenvalue weighted by molar-refractivity contribution is 0.283. The van der Waals surface area contributed by atoms with Crippen LogP contribution >= 0.6 is 0 Å². The molecule has 2 aromatic rings. The van der Waals surface area contributed by atoms with Gasteiger partial charge < -0.3 is 20.6 Å². The molecule has 0 radical (unpaired) electrons. The van der Waals surface area contributed by atoms with E-state index in [1.807, 2.05) is 6.07 Å². The fourth-order valence-corrected chi connectivity index (χ4v) is 1.81. The summed E-state index contributed by atoms with van der Waals surface area (Å²) in [7, 11) is 0. The van der Waals surface area contributed by atoms with E-state index < -0.39 is 0 Å². The molecule has 5 nitrogen and oxygen atoms in total. The van der Waals surface area contributed by atoms with Crippen molar-refractivity contribution in [2.24, 2.45) is 0 Å². The van der Waals surface area contributed by atoms with Gasteiger partial charge in [0.2, 0.25) is 0 Å². The van der Waals surface area contributed by atoms with Crippen LogP contribution in [0.25, 0.3) is 11.1 Å². The smallest absolute Gasteiger partial charge is 0.295 e. The molecule has 5 heteroatoms. The summed E-state index contributed by atoms with van der Waals surface area (Å²) in [5, 5.41) is 11.8. The minimum absolute atomic E-state index is 0.278. The number of nitrogens with one attached hydrogen (secondary N) is 1. The molecule has 0 saturated carbocycles. The largest absolute Gasteiger partial charge is 0.424 e. The standard InChI is InChI=1S/C13H19N3O2/c14-10-5-6-12-11(9-10)16-13(18-12)15-7-3-1-2-4-8-17/h5-6,9,17H,1-4,7-8,14H2,(H,15,16). The third-order valence-corrected chi connectivity index (χ3v) is 2.77. The van der Waals surface area contributed by atoms with E-state index in [9.17, 15) is 0 Å². The van der Waals surface area contributed by atoms with Gasteiger partial charge in [-0.1, -0.05) is 12.8 Å². The van der Waals surface area contributed by atoms with Crippen molar-refractivity contribution in [3.8, 4) is 0 Å². The fourth-order valence-electron chi connectivity index (χ4n) is 1.81. The Bertz CT molecular complexity index is 496. The van der Waals surface area contributed by atoms with Gasteiger partial charge in [-0.25, -0.2) is 0 Å². The Morgan fingerprint density at radius 3 is 2.89 bits per heavy atom. The van der Waals surface area contributed by atoms with Crippen molar-refractivity contribution in [2.75, 3.05) is 24.2 Å². The Hall–Kier alpha value is -1.75. The lowest BCUT2D eigenvalue weighted by Gasteiger charge is -2.00. The molecule has 1 aromatic carbocycles. The molecule has 0 fully saturated rings. The number of hydrogen-bond acceptors (Lipinski definition) is 5. The van der Waals surface area contributed by atoms with Crippen LogP contribution in [0, 0.1) is 0 Å². The van der Waals surface area contributed by atoms with Gasteiger partial charge in [0.15, 0.2) is 5.58 Å². The van der Waals surface area contributed by atoms with Crippen LogP contribution < -0.4 is 11.1 Å². The van der Waals surface area contributed by atoms with Crippen LogP contribution in [0.4, 0.5) is 11.7 Å². The van der Waals surface area contributed by atoms with E-state index in [2.05, 4.69) is 10.3 Å². The number of aliphatic hydroxyl groups excluding tert-OH is 1. The molecular weight excluding hydrogens is 230 g/mol. The minimum atomic E-state index is 0.278. The molecule has 4 N–H and O–H groups in total. The van der Waals surface area contributed by atoms with E-state index in [-0.39, 0.29) is 6.61 Å². The van der Waals surface area contributed by atoms with E-state index in [1.54, 1.807) is 12.1 Å². The molecule has 0 unspecified atom stereocenters. The van der Waals surface area contributed by atoms with Gasteiger partial charge in [-0.05, 0) is 31.0 Å². The number of unbranched alkanes of at least 4 members (excludes halogenated alkanes) is 3. The number of aromatic nitrogens is 1. The van der Waals surface area contributed by atoms with Gasteiger partial charge in [-0.2, -0.15) is 4.98 Å². The van der Waals surface area contributed by atoms with Crippen molar-refractivity contribution in [3.05, 3.63) is 18.2 Å². The molecule has 0 amide bonds. The molecule has 18 heavy (non-hydrogen) atoms. The van der Waals surface area contributed by atoms with Crippen molar-refractivity contribution in [1.29, 1.82) is 0 Å². The summed E-state index contributed by atoms with van der Waals surface area (Å²) in [6.45, 7) is 1.10. The summed E-state index contributed by atoms with van der Waals surface area (Å²) in [5.41, 5.74) is 7.88. The first-order valence-electron chi connectivity index (χ1n) is 6.30. The Labute approximate surface area is 106 Å². The third-order valence-electron chi connectivity index (χ3n) is 2.77. The molecule has 0 aliphatic carbocycles. The van der Waals surface area contributed by atoms with Crippen molar-refractivity contribution >= 4 is 22.8 Å². The molecule has 0 bridgehead atoms. The molecule has 0 atom stereocenters. The number of nitrogen functional groups attached to an aromatic ring is 1. The summed E-state index contributed by atoms with van der Waals surface area (Å²) in [4.78, 5) is 4.31. The van der Waals surface area contributed by atoms with E-state index in [0.29, 0.717) is 11.7 Å². The normalized spacial score (nSPS) is 10.9. The first-order valence-corrected chi connectivity index (χ1v) is 6.30. The fraction of sp³-hybridized carbons (Fsp3) is 0.462. The van der Waals surface area contributed by atoms with Crippen LogP contribution in [-0.2, 0) is 0 Å². The molecule has 0 aliphatic heterocycles. The molecule has 1 aromatic heterocycles. The van der Waals surface area contributed by atoms with E-state index in [4.69, 9.17) is 15.3 Å². The van der Waals surface area contributed by atoms with Crippen LogP contribution in [0.5, 0.6) is 0 Å². The zero-order valence-electron chi connectivity index (χ0n) is 10.4. The van der Waals surface area contributed by atoms with Gasteiger partial charge in [0.05, 0.1) is 0 Å². The number of benzene rings is 1. The SMILES string of the molecule is Nc1ccc2oc(NCCCCCCO)nc2c1. The number of oxazole rings is 1. The molecule has 98 valence electrons. The summed E-state index contributed by atoms with van der Waals surface area (Å²) in [6, 6.07) is 5.96. The van der Waals surface area contributed by atoms with E-state index >= 15 is 0 Å². The predicted octanol–water partition coefficient (Wildman–Crippen LogP) is 2.37. The molecular formula is C13H19N3O2.